The number of H-pyrrole nitrogens is 1. The zero-order valence-electron chi connectivity index (χ0n) is 9.23. The number of nitrogen functional groups attached to an aromatic ring is 1. The molecule has 16 heavy (non-hydrogen) atoms. The minimum Gasteiger partial charge on any atom is -0.396 e. The highest BCUT2D eigenvalue weighted by atomic mass is 16.3. The molecule has 0 spiro atoms. The lowest BCUT2D eigenvalue weighted by atomic mass is 10.1. The van der Waals surface area contributed by atoms with Crippen LogP contribution in [-0.2, 0) is 0 Å². The van der Waals surface area contributed by atoms with Crippen molar-refractivity contribution in [3.63, 3.8) is 0 Å². The molecule has 0 aromatic carbocycles. The van der Waals surface area contributed by atoms with Crippen molar-refractivity contribution in [2.24, 2.45) is 5.92 Å². The van der Waals surface area contributed by atoms with Gasteiger partial charge in [-0.3, -0.25) is 9.89 Å². The number of rotatable bonds is 6. The molecule has 7 heteroatoms. The Hall–Kier alpha value is -1.63. The van der Waals surface area contributed by atoms with Gasteiger partial charge >= 0.3 is 0 Å². The summed E-state index contributed by atoms with van der Waals surface area (Å²) in [5, 5.41) is 17.5. The number of hydrogen-bond acceptors (Lipinski definition) is 5. The number of carbonyl (C=O) groups excluding carboxylic acids is 1. The average Bonchev–Trinajstić information content (AvgIpc) is 2.70. The van der Waals surface area contributed by atoms with Crippen molar-refractivity contribution in [3.8, 4) is 0 Å². The fourth-order valence-corrected chi connectivity index (χ4v) is 1.20. The zero-order valence-corrected chi connectivity index (χ0v) is 9.23. The predicted molar refractivity (Wildman–Crippen MR) is 58.6 cm³/mol. The van der Waals surface area contributed by atoms with Crippen LogP contribution in [0.3, 0.4) is 0 Å². The summed E-state index contributed by atoms with van der Waals surface area (Å²) >= 11 is 0. The number of hydrogen-bond donors (Lipinski definition) is 4. The lowest BCUT2D eigenvalue weighted by molar-refractivity contribution is 0.0942. The summed E-state index contributed by atoms with van der Waals surface area (Å²) in [5.74, 6) is 0.116. The number of amides is 1. The van der Waals surface area contributed by atoms with Crippen LogP contribution in [0.4, 0.5) is 5.95 Å². The van der Waals surface area contributed by atoms with Crippen LogP contribution in [0.15, 0.2) is 0 Å². The standard InChI is InChI=1S/C9H17N5O2/c1-6(5-15)3-2-4-11-8(16)7-12-9(10)14-13-7/h6,15H,2-5H2,1H3,(H,11,16)(H3,10,12,13,14). The molecule has 1 heterocycles. The normalized spacial score (nSPS) is 12.4. The van der Waals surface area contributed by atoms with Gasteiger partial charge in [-0.1, -0.05) is 6.92 Å². The van der Waals surface area contributed by atoms with Crippen molar-refractivity contribution in [3.05, 3.63) is 5.82 Å². The van der Waals surface area contributed by atoms with Crippen molar-refractivity contribution < 1.29 is 9.90 Å². The van der Waals surface area contributed by atoms with Crippen LogP contribution in [0.5, 0.6) is 0 Å². The number of carbonyl (C=O) groups is 1. The van der Waals surface area contributed by atoms with Gasteiger partial charge in [-0.05, 0) is 18.8 Å². The first kappa shape index (κ1) is 12.4. The van der Waals surface area contributed by atoms with E-state index in [0.717, 1.165) is 12.8 Å². The Morgan fingerprint density at radius 2 is 2.44 bits per heavy atom. The Morgan fingerprint density at radius 3 is 3.00 bits per heavy atom. The molecule has 5 N–H and O–H groups in total. The lowest BCUT2D eigenvalue weighted by Crippen LogP contribution is -2.26. The predicted octanol–water partition coefficient (Wildman–Crippen LogP) is -0.475. The summed E-state index contributed by atoms with van der Waals surface area (Å²) in [4.78, 5) is 15.1. The van der Waals surface area contributed by atoms with Crippen molar-refractivity contribution in [2.75, 3.05) is 18.9 Å². The zero-order chi connectivity index (χ0) is 12.0. The molecule has 0 aliphatic carbocycles. The molecule has 1 aromatic rings. The maximum absolute atomic E-state index is 11.4. The third-order valence-electron chi connectivity index (χ3n) is 2.19. The number of aliphatic hydroxyl groups excluding tert-OH is 1. The van der Waals surface area contributed by atoms with Crippen LogP contribution in [0, 0.1) is 5.92 Å². The summed E-state index contributed by atoms with van der Waals surface area (Å²) in [7, 11) is 0. The van der Waals surface area contributed by atoms with E-state index in [0.29, 0.717) is 6.54 Å². The van der Waals surface area contributed by atoms with Gasteiger partial charge in [-0.25, -0.2) is 0 Å². The Labute approximate surface area is 93.4 Å². The van der Waals surface area contributed by atoms with Gasteiger partial charge in [0.05, 0.1) is 0 Å². The number of aromatic nitrogens is 3. The van der Waals surface area contributed by atoms with E-state index >= 15 is 0 Å². The van der Waals surface area contributed by atoms with E-state index in [1.54, 1.807) is 0 Å². The molecule has 0 saturated heterocycles. The molecule has 90 valence electrons. The molecule has 0 bridgehead atoms. The summed E-state index contributed by atoms with van der Waals surface area (Å²) in [6, 6.07) is 0. The van der Waals surface area contributed by atoms with Crippen LogP contribution in [0.25, 0.3) is 0 Å². The largest absolute Gasteiger partial charge is 0.396 e. The first-order chi connectivity index (χ1) is 7.63. The second-order valence-electron chi connectivity index (χ2n) is 3.73. The molecule has 1 aromatic heterocycles. The first-order valence-corrected chi connectivity index (χ1v) is 5.20. The minimum absolute atomic E-state index is 0.0547. The Balaban J connectivity index is 2.21. The Bertz CT molecular complexity index is 338. The van der Waals surface area contributed by atoms with E-state index in [-0.39, 0.29) is 30.2 Å². The van der Waals surface area contributed by atoms with Gasteiger partial charge in [0.25, 0.3) is 5.91 Å². The van der Waals surface area contributed by atoms with E-state index in [1.807, 2.05) is 6.92 Å². The van der Waals surface area contributed by atoms with Gasteiger partial charge in [-0.15, -0.1) is 5.10 Å². The molecule has 0 aliphatic rings. The minimum atomic E-state index is -0.319. The van der Waals surface area contributed by atoms with Gasteiger partial charge in [0.1, 0.15) is 0 Å². The van der Waals surface area contributed by atoms with Gasteiger partial charge < -0.3 is 16.2 Å². The molecule has 1 atom stereocenters. The van der Waals surface area contributed by atoms with Crippen LogP contribution >= 0.6 is 0 Å². The smallest absolute Gasteiger partial charge is 0.288 e. The first-order valence-electron chi connectivity index (χ1n) is 5.20. The molecule has 0 saturated carbocycles. The topological polar surface area (TPSA) is 117 Å². The third kappa shape index (κ3) is 3.85. The summed E-state index contributed by atoms with van der Waals surface area (Å²) in [6.45, 7) is 2.68. The molecular weight excluding hydrogens is 210 g/mol. The number of nitrogens with two attached hydrogens (primary N) is 1. The number of anilines is 1. The van der Waals surface area contributed by atoms with Crippen molar-refractivity contribution in [1.29, 1.82) is 0 Å². The number of aromatic amines is 1. The summed E-state index contributed by atoms with van der Waals surface area (Å²) in [5.41, 5.74) is 5.27. The van der Waals surface area contributed by atoms with Gasteiger partial charge in [0.15, 0.2) is 0 Å². The molecule has 0 radical (unpaired) electrons. The Morgan fingerprint density at radius 1 is 1.69 bits per heavy atom. The highest BCUT2D eigenvalue weighted by Crippen LogP contribution is 2.02. The Kier molecular flexibility index (Phi) is 4.71. The van der Waals surface area contributed by atoms with E-state index in [4.69, 9.17) is 10.8 Å². The third-order valence-corrected chi connectivity index (χ3v) is 2.19. The number of nitrogens with zero attached hydrogens (tertiary/aromatic N) is 2. The second kappa shape index (κ2) is 6.06. The number of nitrogens with one attached hydrogen (secondary N) is 2. The monoisotopic (exact) mass is 227 g/mol. The van der Waals surface area contributed by atoms with Crippen LogP contribution in [0.1, 0.15) is 30.4 Å². The summed E-state index contributed by atoms with van der Waals surface area (Å²) < 4.78 is 0. The molecule has 1 rings (SSSR count). The maximum atomic E-state index is 11.4. The number of aliphatic hydroxyl groups is 1. The van der Waals surface area contributed by atoms with Gasteiger partial charge in [0, 0.05) is 13.2 Å². The fraction of sp³-hybridized carbons (Fsp3) is 0.667. The van der Waals surface area contributed by atoms with Crippen molar-refractivity contribution >= 4 is 11.9 Å². The van der Waals surface area contributed by atoms with E-state index in [2.05, 4.69) is 20.5 Å². The lowest BCUT2D eigenvalue weighted by Gasteiger charge is -2.07. The molecule has 0 aliphatic heterocycles. The average molecular weight is 227 g/mol. The van der Waals surface area contributed by atoms with Crippen LogP contribution in [0.2, 0.25) is 0 Å². The quantitative estimate of drug-likeness (QED) is 0.490. The van der Waals surface area contributed by atoms with Crippen LogP contribution < -0.4 is 11.1 Å². The van der Waals surface area contributed by atoms with E-state index in [9.17, 15) is 4.79 Å². The molecular formula is C9H17N5O2. The van der Waals surface area contributed by atoms with Crippen molar-refractivity contribution in [2.45, 2.75) is 19.8 Å². The summed E-state index contributed by atoms with van der Waals surface area (Å²) in [6.07, 6.45) is 1.69. The molecule has 1 unspecified atom stereocenters. The molecule has 1 amide bonds. The fourth-order valence-electron chi connectivity index (χ4n) is 1.20. The molecule has 0 fully saturated rings. The van der Waals surface area contributed by atoms with Crippen molar-refractivity contribution in [1.82, 2.24) is 20.5 Å². The second-order valence-corrected chi connectivity index (χ2v) is 3.73. The van der Waals surface area contributed by atoms with E-state index in [1.165, 1.54) is 0 Å². The maximum Gasteiger partial charge on any atom is 0.288 e. The molecule has 7 nitrogen and oxygen atoms in total. The highest BCUT2D eigenvalue weighted by Gasteiger charge is 2.09. The van der Waals surface area contributed by atoms with Gasteiger partial charge in [0.2, 0.25) is 11.8 Å². The van der Waals surface area contributed by atoms with Crippen LogP contribution in [-0.4, -0.2) is 39.3 Å². The van der Waals surface area contributed by atoms with Gasteiger partial charge in [-0.2, -0.15) is 4.98 Å². The SMILES string of the molecule is CC(CO)CCCNC(=O)c1nc(N)n[nH]1. The van der Waals surface area contributed by atoms with E-state index < -0.39 is 0 Å². The highest BCUT2D eigenvalue weighted by molar-refractivity contribution is 5.90.